The molecule has 18 heavy (non-hydrogen) atoms. The number of aliphatic hydroxyl groups is 1. The van der Waals surface area contributed by atoms with Crippen molar-refractivity contribution in [2.75, 3.05) is 32.0 Å². The molecule has 0 aromatic heterocycles. The minimum Gasteiger partial charge on any atom is -0.399 e. The van der Waals surface area contributed by atoms with Crippen molar-refractivity contribution < 1.29 is 9.84 Å². The van der Waals surface area contributed by atoms with Crippen molar-refractivity contribution in [3.05, 3.63) is 29.8 Å². The summed E-state index contributed by atoms with van der Waals surface area (Å²) in [4.78, 5) is 2.26. The second-order valence-corrected chi connectivity index (χ2v) is 4.85. The van der Waals surface area contributed by atoms with E-state index >= 15 is 0 Å². The number of rotatable bonds is 4. The molecule has 100 valence electrons. The largest absolute Gasteiger partial charge is 0.399 e. The third-order valence-electron chi connectivity index (χ3n) is 3.40. The Morgan fingerprint density at radius 3 is 3.11 bits per heavy atom. The van der Waals surface area contributed by atoms with Gasteiger partial charge >= 0.3 is 0 Å². The van der Waals surface area contributed by atoms with Crippen LogP contribution < -0.4 is 5.73 Å². The van der Waals surface area contributed by atoms with Crippen LogP contribution in [-0.4, -0.2) is 42.4 Å². The average molecular weight is 250 g/mol. The molecule has 1 aromatic rings. The minimum atomic E-state index is -0.482. The number of nitrogens with zero attached hydrogens (tertiary/aromatic N) is 1. The molecule has 1 fully saturated rings. The summed E-state index contributed by atoms with van der Waals surface area (Å²) in [5.41, 5.74) is 7.31. The van der Waals surface area contributed by atoms with Gasteiger partial charge in [0.05, 0.1) is 18.8 Å². The second-order valence-electron chi connectivity index (χ2n) is 4.85. The van der Waals surface area contributed by atoms with Crippen LogP contribution >= 0.6 is 0 Å². The predicted octanol–water partition coefficient (Wildman–Crippen LogP) is 1.41. The topological polar surface area (TPSA) is 58.7 Å². The maximum absolute atomic E-state index is 10.2. The normalized spacial score (nSPS) is 22.9. The third kappa shape index (κ3) is 3.45. The molecule has 0 radical (unpaired) electrons. The van der Waals surface area contributed by atoms with Crippen molar-refractivity contribution in [2.45, 2.75) is 25.6 Å². The number of nitrogens with two attached hydrogens (primary N) is 1. The molecule has 0 aliphatic carbocycles. The first-order chi connectivity index (χ1) is 8.69. The van der Waals surface area contributed by atoms with Crippen LogP contribution in [0.2, 0.25) is 0 Å². The number of anilines is 1. The van der Waals surface area contributed by atoms with E-state index in [0.29, 0.717) is 18.3 Å². The summed E-state index contributed by atoms with van der Waals surface area (Å²) in [7, 11) is 0. The Hall–Kier alpha value is -1.10. The van der Waals surface area contributed by atoms with Crippen LogP contribution in [0.5, 0.6) is 0 Å². The summed E-state index contributed by atoms with van der Waals surface area (Å²) < 4.78 is 5.62. The lowest BCUT2D eigenvalue weighted by molar-refractivity contribution is -0.0418. The molecule has 4 nitrogen and oxygen atoms in total. The van der Waals surface area contributed by atoms with E-state index in [9.17, 15) is 5.11 Å². The third-order valence-corrected chi connectivity index (χ3v) is 3.40. The van der Waals surface area contributed by atoms with Gasteiger partial charge in [0.15, 0.2) is 0 Å². The zero-order chi connectivity index (χ0) is 13.0. The molecular formula is C14H22N2O2. The van der Waals surface area contributed by atoms with Gasteiger partial charge in [0, 0.05) is 25.3 Å². The Kier molecular flexibility index (Phi) is 4.58. The summed E-state index contributed by atoms with van der Waals surface area (Å²) in [5, 5.41) is 10.2. The van der Waals surface area contributed by atoms with Crippen LogP contribution in [0.1, 0.15) is 25.0 Å². The molecule has 2 rings (SSSR count). The average Bonchev–Trinajstić information content (AvgIpc) is 2.39. The molecule has 0 spiro atoms. The summed E-state index contributed by atoms with van der Waals surface area (Å²) in [5.74, 6) is 0. The fraction of sp³-hybridized carbons (Fsp3) is 0.571. The Bertz CT molecular complexity index is 384. The van der Waals surface area contributed by atoms with Gasteiger partial charge in [-0.3, -0.25) is 4.90 Å². The number of hydrogen-bond acceptors (Lipinski definition) is 4. The molecule has 1 aliphatic rings. The molecule has 0 saturated carbocycles. The van der Waals surface area contributed by atoms with Crippen LogP contribution in [0.3, 0.4) is 0 Å². The summed E-state index contributed by atoms with van der Waals surface area (Å²) in [6.45, 7) is 5.31. The quantitative estimate of drug-likeness (QED) is 0.793. The molecule has 2 atom stereocenters. The highest BCUT2D eigenvalue weighted by atomic mass is 16.5. The predicted molar refractivity (Wildman–Crippen MR) is 72.3 cm³/mol. The van der Waals surface area contributed by atoms with Gasteiger partial charge in [0.1, 0.15) is 0 Å². The molecule has 3 N–H and O–H groups in total. The Labute approximate surface area is 108 Å². The van der Waals surface area contributed by atoms with Gasteiger partial charge in [-0.25, -0.2) is 0 Å². The van der Waals surface area contributed by atoms with Gasteiger partial charge in [-0.05, 0) is 24.1 Å². The van der Waals surface area contributed by atoms with Gasteiger partial charge in [-0.15, -0.1) is 0 Å². The SMILES string of the molecule is CCC1CN(CC(O)c2cccc(N)c2)CCO1. The Morgan fingerprint density at radius 2 is 2.39 bits per heavy atom. The van der Waals surface area contributed by atoms with Gasteiger partial charge in [-0.2, -0.15) is 0 Å². The fourth-order valence-corrected chi connectivity index (χ4v) is 2.31. The van der Waals surface area contributed by atoms with E-state index in [2.05, 4.69) is 11.8 Å². The van der Waals surface area contributed by atoms with Crippen molar-refractivity contribution in [3.63, 3.8) is 0 Å². The molecular weight excluding hydrogens is 228 g/mol. The molecule has 1 heterocycles. The van der Waals surface area contributed by atoms with E-state index in [1.165, 1.54) is 0 Å². The van der Waals surface area contributed by atoms with Crippen LogP contribution in [-0.2, 0) is 4.74 Å². The highest BCUT2D eigenvalue weighted by molar-refractivity contribution is 5.41. The number of aliphatic hydroxyl groups excluding tert-OH is 1. The van der Waals surface area contributed by atoms with Crippen molar-refractivity contribution >= 4 is 5.69 Å². The summed E-state index contributed by atoms with van der Waals surface area (Å²) in [6, 6.07) is 7.46. The first-order valence-corrected chi connectivity index (χ1v) is 6.56. The number of morpholine rings is 1. The van der Waals surface area contributed by atoms with Crippen LogP contribution in [0.4, 0.5) is 5.69 Å². The van der Waals surface area contributed by atoms with E-state index in [1.807, 2.05) is 24.3 Å². The number of hydrogen-bond donors (Lipinski definition) is 2. The molecule has 0 bridgehead atoms. The number of β-amino-alcohol motifs (C(OH)–C–C–N with tert-alkyl or cyclic N) is 1. The monoisotopic (exact) mass is 250 g/mol. The Balaban J connectivity index is 1.92. The first kappa shape index (κ1) is 13.3. The standard InChI is InChI=1S/C14H22N2O2/c1-2-13-9-16(6-7-18-13)10-14(17)11-4-3-5-12(15)8-11/h3-5,8,13-14,17H,2,6-7,9-10,15H2,1H3. The van der Waals surface area contributed by atoms with Crippen molar-refractivity contribution in [2.24, 2.45) is 0 Å². The molecule has 4 heteroatoms. The van der Waals surface area contributed by atoms with Crippen LogP contribution in [0.15, 0.2) is 24.3 Å². The first-order valence-electron chi connectivity index (χ1n) is 6.56. The molecule has 1 saturated heterocycles. The maximum atomic E-state index is 10.2. The maximum Gasteiger partial charge on any atom is 0.0917 e. The van der Waals surface area contributed by atoms with E-state index in [4.69, 9.17) is 10.5 Å². The summed E-state index contributed by atoms with van der Waals surface area (Å²) in [6.07, 6.45) is 0.834. The lowest BCUT2D eigenvalue weighted by Crippen LogP contribution is -2.43. The minimum absolute atomic E-state index is 0.298. The van der Waals surface area contributed by atoms with E-state index in [0.717, 1.165) is 31.7 Å². The number of benzene rings is 1. The zero-order valence-electron chi connectivity index (χ0n) is 10.9. The number of ether oxygens (including phenoxy) is 1. The van der Waals surface area contributed by atoms with E-state index < -0.39 is 6.10 Å². The zero-order valence-corrected chi connectivity index (χ0v) is 10.9. The smallest absolute Gasteiger partial charge is 0.0917 e. The highest BCUT2D eigenvalue weighted by Gasteiger charge is 2.21. The molecule has 1 aliphatic heterocycles. The van der Waals surface area contributed by atoms with Gasteiger partial charge in [-0.1, -0.05) is 19.1 Å². The highest BCUT2D eigenvalue weighted by Crippen LogP contribution is 2.18. The van der Waals surface area contributed by atoms with Gasteiger partial charge in [0.25, 0.3) is 0 Å². The Morgan fingerprint density at radius 1 is 1.56 bits per heavy atom. The van der Waals surface area contributed by atoms with Crippen LogP contribution in [0, 0.1) is 0 Å². The van der Waals surface area contributed by atoms with E-state index in [1.54, 1.807) is 0 Å². The lowest BCUT2D eigenvalue weighted by atomic mass is 10.1. The molecule has 0 amide bonds. The summed E-state index contributed by atoms with van der Waals surface area (Å²) >= 11 is 0. The van der Waals surface area contributed by atoms with Crippen molar-refractivity contribution in [1.82, 2.24) is 4.90 Å². The van der Waals surface area contributed by atoms with E-state index in [-0.39, 0.29) is 0 Å². The second kappa shape index (κ2) is 6.18. The molecule has 2 unspecified atom stereocenters. The van der Waals surface area contributed by atoms with Gasteiger partial charge < -0.3 is 15.6 Å². The van der Waals surface area contributed by atoms with Crippen molar-refractivity contribution in [1.29, 1.82) is 0 Å². The number of nitrogen functional groups attached to an aromatic ring is 1. The fourth-order valence-electron chi connectivity index (χ4n) is 2.31. The van der Waals surface area contributed by atoms with Gasteiger partial charge in [0.2, 0.25) is 0 Å². The van der Waals surface area contributed by atoms with Crippen molar-refractivity contribution in [3.8, 4) is 0 Å². The lowest BCUT2D eigenvalue weighted by Gasteiger charge is -2.33. The van der Waals surface area contributed by atoms with Crippen LogP contribution in [0.25, 0.3) is 0 Å². The molecule has 1 aromatic carbocycles.